The van der Waals surface area contributed by atoms with Gasteiger partial charge in [0.15, 0.2) is 0 Å². The molecule has 0 saturated heterocycles. The van der Waals surface area contributed by atoms with Gasteiger partial charge in [-0.25, -0.2) is 0 Å². The summed E-state index contributed by atoms with van der Waals surface area (Å²) >= 11 is 5.64. The van der Waals surface area contributed by atoms with Gasteiger partial charge >= 0.3 is 0 Å². The van der Waals surface area contributed by atoms with Gasteiger partial charge in [-0.05, 0) is 18.2 Å². The molecule has 0 heterocycles. The normalized spacial score (nSPS) is 10.6. The molecule has 0 aliphatic heterocycles. The summed E-state index contributed by atoms with van der Waals surface area (Å²) in [6, 6.07) is 4.76. The van der Waals surface area contributed by atoms with Crippen LogP contribution in [0, 0.1) is 0 Å². The third-order valence-electron chi connectivity index (χ3n) is 1.61. The molecule has 0 fully saturated rings. The maximum absolute atomic E-state index is 10.4. The molecule has 4 heteroatoms. The number of phenols is 1. The van der Waals surface area contributed by atoms with E-state index in [2.05, 4.69) is 0 Å². The first-order valence-electron chi connectivity index (χ1n) is 4.03. The fourth-order valence-electron chi connectivity index (χ4n) is 0.960. The molecule has 0 atom stereocenters. The van der Waals surface area contributed by atoms with E-state index in [0.717, 1.165) is 0 Å². The molecule has 14 heavy (non-hydrogen) atoms. The Morgan fingerprint density at radius 2 is 2.29 bits per heavy atom. The summed E-state index contributed by atoms with van der Waals surface area (Å²) in [6.07, 6.45) is 3.36. The molecule has 0 unspecified atom stereocenters. The number of halogens is 1. The van der Waals surface area contributed by atoms with Gasteiger partial charge in [0.2, 0.25) is 5.91 Å². The van der Waals surface area contributed by atoms with Gasteiger partial charge in [0.25, 0.3) is 0 Å². The maximum atomic E-state index is 10.4. The summed E-state index contributed by atoms with van der Waals surface area (Å²) in [5, 5.41) is 9.87. The largest absolute Gasteiger partial charge is 0.507 e. The van der Waals surface area contributed by atoms with E-state index in [1.807, 2.05) is 0 Å². The van der Waals surface area contributed by atoms with Crippen molar-refractivity contribution in [2.45, 2.75) is 6.42 Å². The van der Waals surface area contributed by atoms with Gasteiger partial charge in [0, 0.05) is 17.0 Å². The van der Waals surface area contributed by atoms with E-state index in [1.54, 1.807) is 24.3 Å². The first kappa shape index (κ1) is 10.6. The third kappa shape index (κ3) is 3.11. The van der Waals surface area contributed by atoms with Crippen molar-refractivity contribution in [1.82, 2.24) is 0 Å². The molecule has 0 aliphatic rings. The zero-order valence-corrected chi connectivity index (χ0v) is 8.16. The zero-order chi connectivity index (χ0) is 10.6. The number of hydrogen-bond donors (Lipinski definition) is 2. The van der Waals surface area contributed by atoms with Crippen LogP contribution in [0.1, 0.15) is 12.0 Å². The van der Waals surface area contributed by atoms with E-state index >= 15 is 0 Å². The van der Waals surface area contributed by atoms with Crippen molar-refractivity contribution in [3.8, 4) is 5.75 Å². The Balaban J connectivity index is 2.76. The standard InChI is InChI=1S/C10H10ClNO2/c11-8-5-4-7(9(13)6-8)2-1-3-10(12)14/h1-2,4-6,13H,3H2,(H2,12,14). The lowest BCUT2D eigenvalue weighted by molar-refractivity contribution is -0.117. The molecule has 0 aromatic heterocycles. The van der Waals surface area contributed by atoms with Crippen LogP contribution in [-0.2, 0) is 4.79 Å². The summed E-state index contributed by atoms with van der Waals surface area (Å²) < 4.78 is 0. The van der Waals surface area contributed by atoms with Gasteiger partial charge in [0.1, 0.15) is 5.75 Å². The Labute approximate surface area is 86.8 Å². The van der Waals surface area contributed by atoms with E-state index < -0.39 is 5.91 Å². The van der Waals surface area contributed by atoms with Crippen LogP contribution >= 0.6 is 11.6 Å². The minimum absolute atomic E-state index is 0.0817. The number of benzene rings is 1. The smallest absolute Gasteiger partial charge is 0.221 e. The fourth-order valence-corrected chi connectivity index (χ4v) is 1.13. The highest BCUT2D eigenvalue weighted by molar-refractivity contribution is 6.30. The Hall–Kier alpha value is -1.48. The van der Waals surface area contributed by atoms with E-state index in [0.29, 0.717) is 10.6 Å². The number of phenolic OH excluding ortho intramolecular Hbond substituents is 1. The molecule has 0 spiro atoms. The molecule has 74 valence electrons. The molecule has 1 amide bonds. The average molecular weight is 212 g/mol. The molecule has 1 aromatic carbocycles. The van der Waals surface area contributed by atoms with E-state index in [9.17, 15) is 9.90 Å². The van der Waals surface area contributed by atoms with Gasteiger partial charge in [-0.2, -0.15) is 0 Å². The number of rotatable bonds is 3. The summed E-state index contributed by atoms with van der Waals surface area (Å²) in [4.78, 5) is 10.4. The second-order valence-corrected chi connectivity index (χ2v) is 3.21. The highest BCUT2D eigenvalue weighted by Gasteiger charge is 1.97. The van der Waals surface area contributed by atoms with Crippen molar-refractivity contribution in [3.05, 3.63) is 34.9 Å². The van der Waals surface area contributed by atoms with Crippen molar-refractivity contribution in [2.24, 2.45) is 5.73 Å². The summed E-state index contributed by atoms with van der Waals surface area (Å²) in [7, 11) is 0. The predicted octanol–water partition coefficient (Wildman–Crippen LogP) is 1.93. The lowest BCUT2D eigenvalue weighted by Gasteiger charge is -1.98. The SMILES string of the molecule is NC(=O)CC=Cc1ccc(Cl)cc1O. The van der Waals surface area contributed by atoms with E-state index in [1.165, 1.54) is 6.07 Å². The maximum Gasteiger partial charge on any atom is 0.221 e. The van der Waals surface area contributed by atoms with Crippen LogP contribution in [0.5, 0.6) is 5.75 Å². The van der Waals surface area contributed by atoms with Crippen LogP contribution in [-0.4, -0.2) is 11.0 Å². The number of carbonyl (C=O) groups excluding carboxylic acids is 1. The molecule has 1 aromatic rings. The van der Waals surface area contributed by atoms with Crippen molar-refractivity contribution in [2.75, 3.05) is 0 Å². The van der Waals surface area contributed by atoms with Crippen LogP contribution in [0.3, 0.4) is 0 Å². The zero-order valence-electron chi connectivity index (χ0n) is 7.40. The monoisotopic (exact) mass is 211 g/mol. The first-order valence-corrected chi connectivity index (χ1v) is 4.41. The second-order valence-electron chi connectivity index (χ2n) is 2.78. The van der Waals surface area contributed by atoms with Crippen LogP contribution in [0.2, 0.25) is 5.02 Å². The Bertz CT molecular complexity index is 374. The number of primary amides is 1. The molecule has 3 nitrogen and oxygen atoms in total. The van der Waals surface area contributed by atoms with Crippen LogP contribution < -0.4 is 5.73 Å². The minimum Gasteiger partial charge on any atom is -0.507 e. The number of amides is 1. The third-order valence-corrected chi connectivity index (χ3v) is 1.84. The van der Waals surface area contributed by atoms with Crippen LogP contribution in [0.25, 0.3) is 6.08 Å². The Kier molecular flexibility index (Phi) is 3.54. The fraction of sp³-hybridized carbons (Fsp3) is 0.100. The quantitative estimate of drug-likeness (QED) is 0.803. The highest BCUT2D eigenvalue weighted by Crippen LogP contribution is 2.22. The van der Waals surface area contributed by atoms with Crippen molar-refractivity contribution < 1.29 is 9.90 Å². The Morgan fingerprint density at radius 3 is 2.86 bits per heavy atom. The first-order chi connectivity index (χ1) is 6.59. The summed E-state index contributed by atoms with van der Waals surface area (Å²) in [5.74, 6) is -0.326. The molecule has 0 aliphatic carbocycles. The molecule has 1 rings (SSSR count). The second kappa shape index (κ2) is 4.67. The molecule has 3 N–H and O–H groups in total. The van der Waals surface area contributed by atoms with Gasteiger partial charge in [-0.15, -0.1) is 0 Å². The molecular weight excluding hydrogens is 202 g/mol. The lowest BCUT2D eigenvalue weighted by atomic mass is 10.2. The van der Waals surface area contributed by atoms with Gasteiger partial charge in [-0.1, -0.05) is 23.8 Å². The van der Waals surface area contributed by atoms with Crippen LogP contribution in [0.15, 0.2) is 24.3 Å². The topological polar surface area (TPSA) is 63.3 Å². The predicted molar refractivity (Wildman–Crippen MR) is 56.0 cm³/mol. The Morgan fingerprint density at radius 1 is 1.57 bits per heavy atom. The summed E-state index contributed by atoms with van der Waals surface area (Å²) in [6.45, 7) is 0. The summed E-state index contributed by atoms with van der Waals surface area (Å²) in [5.41, 5.74) is 5.55. The van der Waals surface area contributed by atoms with E-state index in [-0.39, 0.29) is 12.2 Å². The van der Waals surface area contributed by atoms with Crippen molar-refractivity contribution in [1.29, 1.82) is 0 Å². The van der Waals surface area contributed by atoms with Gasteiger partial charge in [-0.3, -0.25) is 4.79 Å². The molecule has 0 radical (unpaired) electrons. The molecular formula is C10H10ClNO2. The molecule has 0 saturated carbocycles. The van der Waals surface area contributed by atoms with Crippen molar-refractivity contribution >= 4 is 23.6 Å². The van der Waals surface area contributed by atoms with Crippen molar-refractivity contribution in [3.63, 3.8) is 0 Å². The van der Waals surface area contributed by atoms with Gasteiger partial charge < -0.3 is 10.8 Å². The lowest BCUT2D eigenvalue weighted by Crippen LogP contribution is -2.07. The van der Waals surface area contributed by atoms with E-state index in [4.69, 9.17) is 17.3 Å². The highest BCUT2D eigenvalue weighted by atomic mass is 35.5. The molecule has 0 bridgehead atoms. The average Bonchev–Trinajstić information content (AvgIpc) is 2.08. The number of aromatic hydroxyl groups is 1. The van der Waals surface area contributed by atoms with Crippen LogP contribution in [0.4, 0.5) is 0 Å². The minimum atomic E-state index is -0.408. The number of carbonyl (C=O) groups is 1. The van der Waals surface area contributed by atoms with Gasteiger partial charge in [0.05, 0.1) is 0 Å². The number of hydrogen-bond acceptors (Lipinski definition) is 2. The number of nitrogens with two attached hydrogens (primary N) is 1.